The van der Waals surface area contributed by atoms with E-state index in [0.717, 1.165) is 5.75 Å². The third-order valence-electron chi connectivity index (χ3n) is 9.78. The molecule has 57 heavy (non-hydrogen) atoms. The fourth-order valence-corrected chi connectivity index (χ4v) is 10.2. The standard InChI is InChI=1S/C48H48N2O3S2.H2O.Tc/c51-45(49-33-36-54-47(39-20-7-1-8-21-39,40-22-9-2-10-23-40)41-24-11-3-12-25-41)38-50(34-19-32-46(52)53)35-37-55-48(42-26-13-4-14-27-42,43-28-15-5-16-29-43)44-30-17-6-18-31-44;;/h1-18,20-31H,19,32-38H2,(H,49,51)(H,52,53);1H2;/i;;1+1. The number of thioether (sulfide) groups is 2. The van der Waals surface area contributed by atoms with Crippen molar-refractivity contribution in [1.82, 2.24) is 10.2 Å². The van der Waals surface area contributed by atoms with Crippen molar-refractivity contribution in [3.05, 3.63) is 215 Å². The van der Waals surface area contributed by atoms with Crippen LogP contribution in [0, 0.1) is 0 Å². The number of benzene rings is 6. The molecule has 6 rings (SSSR count). The second-order valence-electron chi connectivity index (χ2n) is 13.4. The first kappa shape index (κ1) is 45.2. The van der Waals surface area contributed by atoms with Gasteiger partial charge in [-0.15, -0.1) is 23.5 Å². The van der Waals surface area contributed by atoms with Gasteiger partial charge in [-0.25, -0.2) is 0 Å². The van der Waals surface area contributed by atoms with E-state index < -0.39 is 15.5 Å². The number of nitrogens with zero attached hydrogens (tertiary/aromatic N) is 1. The Balaban J connectivity index is 0.00000360. The molecule has 0 saturated heterocycles. The molecule has 6 aromatic rings. The van der Waals surface area contributed by atoms with Gasteiger partial charge < -0.3 is 15.9 Å². The average molecular weight is 882 g/mol. The minimum atomic E-state index is -0.828. The summed E-state index contributed by atoms with van der Waals surface area (Å²) in [6.45, 7) is 1.83. The summed E-state index contributed by atoms with van der Waals surface area (Å²) in [7, 11) is 0. The molecule has 0 aliphatic rings. The molecule has 0 heterocycles. The number of aliphatic carboxylic acids is 1. The Labute approximate surface area is 359 Å². The summed E-state index contributed by atoms with van der Waals surface area (Å²) in [6.07, 6.45) is 0.530. The van der Waals surface area contributed by atoms with Crippen molar-refractivity contribution < 1.29 is 40.3 Å². The third-order valence-corrected chi connectivity index (χ3v) is 12.9. The summed E-state index contributed by atoms with van der Waals surface area (Å²) in [4.78, 5) is 27.2. The fraction of sp³-hybridized carbons (Fsp3) is 0.208. The summed E-state index contributed by atoms with van der Waals surface area (Å²) >= 11 is 3.67. The first-order valence-corrected chi connectivity index (χ1v) is 20.8. The summed E-state index contributed by atoms with van der Waals surface area (Å²) in [6, 6.07) is 63.5. The van der Waals surface area contributed by atoms with Crippen LogP contribution in [0.3, 0.4) is 0 Å². The van der Waals surface area contributed by atoms with E-state index in [1.807, 2.05) is 59.9 Å². The van der Waals surface area contributed by atoms with Crippen LogP contribution in [0.15, 0.2) is 182 Å². The molecular weight excluding hydrogens is 832 g/mol. The number of amides is 1. The molecule has 0 unspecified atom stereocenters. The third kappa shape index (κ3) is 11.6. The maximum absolute atomic E-state index is 13.6. The molecule has 0 aromatic heterocycles. The minimum Gasteiger partial charge on any atom is -0.481 e. The molecule has 0 aliphatic heterocycles. The Morgan fingerprint density at radius 1 is 0.509 bits per heavy atom. The first-order chi connectivity index (χ1) is 27.0. The Hall–Kier alpha value is -4.47. The summed E-state index contributed by atoms with van der Waals surface area (Å²) in [5.41, 5.74) is 7.10. The van der Waals surface area contributed by atoms with Gasteiger partial charge in [0, 0.05) is 51.1 Å². The zero-order valence-corrected chi connectivity index (χ0v) is 35.4. The average Bonchev–Trinajstić information content (AvgIpc) is 3.24. The van der Waals surface area contributed by atoms with Gasteiger partial charge in [0.05, 0.1) is 16.0 Å². The van der Waals surface area contributed by atoms with Crippen molar-refractivity contribution >= 4 is 35.4 Å². The van der Waals surface area contributed by atoms with Gasteiger partial charge in [0.15, 0.2) is 0 Å². The van der Waals surface area contributed by atoms with E-state index in [0.29, 0.717) is 31.8 Å². The molecule has 9 heteroatoms. The van der Waals surface area contributed by atoms with Crippen LogP contribution in [-0.2, 0) is 39.2 Å². The number of carboxylic acids is 1. The topological polar surface area (TPSA) is 101 Å². The van der Waals surface area contributed by atoms with E-state index in [9.17, 15) is 14.7 Å². The molecule has 6 aromatic carbocycles. The van der Waals surface area contributed by atoms with E-state index >= 15 is 0 Å². The van der Waals surface area contributed by atoms with Gasteiger partial charge in [-0.3, -0.25) is 14.5 Å². The number of nitrogens with one attached hydrogen (secondary N) is 1. The molecule has 0 bridgehead atoms. The maximum Gasteiger partial charge on any atom is 0.303 e. The summed E-state index contributed by atoms with van der Waals surface area (Å²) in [5, 5.41) is 12.6. The second-order valence-corrected chi connectivity index (χ2v) is 16.0. The number of carbonyl (C=O) groups excluding carboxylic acids is 1. The molecule has 295 valence electrons. The van der Waals surface area contributed by atoms with E-state index in [-0.39, 0.29) is 44.5 Å². The molecule has 1 amide bonds. The van der Waals surface area contributed by atoms with Crippen LogP contribution in [0.5, 0.6) is 0 Å². The predicted octanol–water partition coefficient (Wildman–Crippen LogP) is 8.89. The van der Waals surface area contributed by atoms with E-state index in [1.54, 1.807) is 0 Å². The van der Waals surface area contributed by atoms with Gasteiger partial charge in [-0.2, -0.15) is 0 Å². The zero-order chi connectivity index (χ0) is 38.2. The van der Waals surface area contributed by atoms with Crippen molar-refractivity contribution in [2.75, 3.05) is 37.7 Å². The molecule has 0 fully saturated rings. The quantitative estimate of drug-likeness (QED) is 0.0588. The smallest absolute Gasteiger partial charge is 0.303 e. The second kappa shape index (κ2) is 23.1. The van der Waals surface area contributed by atoms with E-state index in [4.69, 9.17) is 0 Å². The van der Waals surface area contributed by atoms with Gasteiger partial charge in [0.2, 0.25) is 5.91 Å². The van der Waals surface area contributed by atoms with Crippen LogP contribution in [0.2, 0.25) is 0 Å². The number of rotatable bonds is 20. The molecule has 0 saturated carbocycles. The van der Waals surface area contributed by atoms with Crippen LogP contribution in [0.1, 0.15) is 46.2 Å². The van der Waals surface area contributed by atoms with Gasteiger partial charge in [-0.05, 0) is 46.3 Å². The largest absolute Gasteiger partial charge is 0.481 e. The zero-order valence-electron chi connectivity index (χ0n) is 31.9. The van der Waals surface area contributed by atoms with E-state index in [1.165, 1.54) is 33.4 Å². The van der Waals surface area contributed by atoms with Crippen LogP contribution in [0.4, 0.5) is 0 Å². The minimum absolute atomic E-state index is 0. The molecule has 0 spiro atoms. The Kier molecular flexibility index (Phi) is 18.3. The molecule has 4 N–H and O–H groups in total. The maximum atomic E-state index is 13.6. The van der Waals surface area contributed by atoms with Gasteiger partial charge in [0.25, 0.3) is 0 Å². The van der Waals surface area contributed by atoms with Gasteiger partial charge in [-0.1, -0.05) is 182 Å². The van der Waals surface area contributed by atoms with Crippen molar-refractivity contribution in [2.45, 2.75) is 22.3 Å². The monoisotopic (exact) mass is 881 g/mol. The number of carboxylic acid groups (broad SMARTS) is 1. The Bertz CT molecular complexity index is 1850. The van der Waals surface area contributed by atoms with Crippen molar-refractivity contribution in [1.29, 1.82) is 0 Å². The molecular formula is C48H50N2O4S2Tc. The van der Waals surface area contributed by atoms with Crippen molar-refractivity contribution in [2.24, 2.45) is 0 Å². The SMILES string of the molecule is O.O=C(O)CCCN(CCSC(c1ccccc1)(c1ccccc1)c1ccccc1)CC(=O)NCCSC(c1ccccc1)(c1ccccc1)c1ccccc1.[99Tc]. The molecule has 0 aliphatic carbocycles. The predicted molar refractivity (Wildman–Crippen MR) is 233 cm³/mol. The van der Waals surface area contributed by atoms with Crippen LogP contribution in [0.25, 0.3) is 0 Å². The Morgan fingerprint density at radius 2 is 0.825 bits per heavy atom. The van der Waals surface area contributed by atoms with Crippen LogP contribution >= 0.6 is 23.5 Å². The van der Waals surface area contributed by atoms with E-state index in [2.05, 4.69) is 156 Å². The molecule has 1 radical (unpaired) electrons. The fourth-order valence-electron chi connectivity index (χ4n) is 7.24. The summed E-state index contributed by atoms with van der Waals surface area (Å²) < 4.78 is -0.934. The van der Waals surface area contributed by atoms with Crippen LogP contribution < -0.4 is 5.32 Å². The normalized spacial score (nSPS) is 11.2. The number of hydrogen-bond donors (Lipinski definition) is 2. The number of carbonyl (C=O) groups is 2. The van der Waals surface area contributed by atoms with Crippen LogP contribution in [-0.4, -0.2) is 65.0 Å². The first-order valence-electron chi connectivity index (χ1n) is 18.8. The van der Waals surface area contributed by atoms with Gasteiger partial charge >= 0.3 is 5.97 Å². The summed E-state index contributed by atoms with van der Waals surface area (Å²) in [5.74, 6) is 0.521. The van der Waals surface area contributed by atoms with Crippen molar-refractivity contribution in [3.8, 4) is 0 Å². The molecule has 0 atom stereocenters. The number of hydrogen-bond acceptors (Lipinski definition) is 5. The Morgan fingerprint density at radius 3 is 1.14 bits per heavy atom. The molecule has 6 nitrogen and oxygen atoms in total. The van der Waals surface area contributed by atoms with Gasteiger partial charge in [0.1, 0.15) is 0 Å². The van der Waals surface area contributed by atoms with Crippen molar-refractivity contribution in [3.63, 3.8) is 0 Å².